The van der Waals surface area contributed by atoms with Gasteiger partial charge in [0.05, 0.1) is 18.1 Å². The first-order valence-corrected chi connectivity index (χ1v) is 9.04. The molecular weight excluding hydrogens is 362 g/mol. The average Bonchev–Trinajstić information content (AvgIpc) is 2.66. The summed E-state index contributed by atoms with van der Waals surface area (Å²) in [6.45, 7) is 5.98. The van der Waals surface area contributed by atoms with Gasteiger partial charge >= 0.3 is 0 Å². The van der Waals surface area contributed by atoms with Gasteiger partial charge in [0.25, 0.3) is 11.6 Å². The number of carbonyl (C=O) groups is 1. The Morgan fingerprint density at radius 3 is 2.50 bits per heavy atom. The molecule has 0 spiro atoms. The number of nitrogens with one attached hydrogen (secondary N) is 1. The Labute approximate surface area is 163 Å². The van der Waals surface area contributed by atoms with Crippen molar-refractivity contribution in [2.75, 3.05) is 43.1 Å². The Morgan fingerprint density at radius 1 is 1.18 bits per heavy atom. The zero-order chi connectivity index (χ0) is 20.1. The van der Waals surface area contributed by atoms with Crippen molar-refractivity contribution in [3.05, 3.63) is 57.6 Å². The largest absolute Gasteiger partial charge is 0.484 e. The first-order valence-electron chi connectivity index (χ1n) is 9.04. The Bertz CT molecular complexity index is 858. The molecule has 8 nitrogen and oxygen atoms in total. The molecule has 2 aromatic rings. The molecule has 0 aromatic heterocycles. The zero-order valence-corrected chi connectivity index (χ0v) is 15.9. The van der Waals surface area contributed by atoms with Crippen LogP contribution in [0, 0.1) is 24.0 Å². The van der Waals surface area contributed by atoms with Gasteiger partial charge in [-0.15, -0.1) is 0 Å². The van der Waals surface area contributed by atoms with Crippen LogP contribution < -0.4 is 15.0 Å². The van der Waals surface area contributed by atoms with Crippen molar-refractivity contribution >= 4 is 23.0 Å². The summed E-state index contributed by atoms with van der Waals surface area (Å²) in [6.07, 6.45) is 0. The summed E-state index contributed by atoms with van der Waals surface area (Å²) in [6, 6.07) is 10.4. The van der Waals surface area contributed by atoms with Gasteiger partial charge in [-0.3, -0.25) is 14.9 Å². The summed E-state index contributed by atoms with van der Waals surface area (Å²) in [5.41, 5.74) is 2.93. The first-order chi connectivity index (χ1) is 13.4. The van der Waals surface area contributed by atoms with Crippen molar-refractivity contribution in [1.82, 2.24) is 0 Å². The minimum absolute atomic E-state index is 0.0464. The van der Waals surface area contributed by atoms with Crippen LogP contribution in [0.4, 0.5) is 17.1 Å². The van der Waals surface area contributed by atoms with Crippen LogP contribution in [-0.2, 0) is 9.53 Å². The maximum absolute atomic E-state index is 12.2. The molecule has 1 N–H and O–H groups in total. The molecule has 0 aliphatic carbocycles. The van der Waals surface area contributed by atoms with Crippen molar-refractivity contribution in [2.45, 2.75) is 13.8 Å². The second-order valence-corrected chi connectivity index (χ2v) is 6.72. The molecule has 1 fully saturated rings. The lowest BCUT2D eigenvalue weighted by Gasteiger charge is -2.28. The maximum Gasteiger partial charge on any atom is 0.294 e. The second-order valence-electron chi connectivity index (χ2n) is 6.72. The van der Waals surface area contributed by atoms with Gasteiger partial charge in [-0.2, -0.15) is 0 Å². The van der Waals surface area contributed by atoms with E-state index >= 15 is 0 Å². The van der Waals surface area contributed by atoms with Crippen molar-refractivity contribution in [2.24, 2.45) is 0 Å². The number of nitro groups is 1. The molecule has 28 heavy (non-hydrogen) atoms. The smallest absolute Gasteiger partial charge is 0.294 e. The van der Waals surface area contributed by atoms with Crippen LogP contribution in [0.5, 0.6) is 5.75 Å². The van der Waals surface area contributed by atoms with Gasteiger partial charge in [0, 0.05) is 24.8 Å². The van der Waals surface area contributed by atoms with Crippen LogP contribution in [0.3, 0.4) is 0 Å². The highest BCUT2D eigenvalue weighted by Gasteiger charge is 2.22. The fraction of sp³-hybridized carbons (Fsp3) is 0.350. The molecule has 1 aliphatic rings. The molecule has 1 amide bonds. The molecule has 1 saturated heterocycles. The molecule has 0 saturated carbocycles. The van der Waals surface area contributed by atoms with Gasteiger partial charge in [-0.1, -0.05) is 6.07 Å². The molecule has 2 aromatic carbocycles. The highest BCUT2D eigenvalue weighted by Crippen LogP contribution is 2.31. The fourth-order valence-corrected chi connectivity index (χ4v) is 3.18. The van der Waals surface area contributed by atoms with Crippen molar-refractivity contribution in [3.63, 3.8) is 0 Å². The predicted molar refractivity (Wildman–Crippen MR) is 106 cm³/mol. The number of hydrogen-bond acceptors (Lipinski definition) is 6. The number of aryl methyl sites for hydroxylation is 2. The average molecular weight is 385 g/mol. The lowest BCUT2D eigenvalue weighted by atomic mass is 10.1. The third-order valence-electron chi connectivity index (χ3n) is 4.37. The number of amides is 1. The van der Waals surface area contributed by atoms with Crippen LogP contribution in [0.25, 0.3) is 0 Å². The van der Waals surface area contributed by atoms with E-state index in [9.17, 15) is 14.9 Å². The minimum atomic E-state index is -0.438. The lowest BCUT2D eigenvalue weighted by Crippen LogP contribution is -2.36. The lowest BCUT2D eigenvalue weighted by molar-refractivity contribution is -0.384. The quantitative estimate of drug-likeness (QED) is 0.607. The third kappa shape index (κ3) is 4.98. The van der Waals surface area contributed by atoms with Gasteiger partial charge in [0.15, 0.2) is 6.61 Å². The van der Waals surface area contributed by atoms with E-state index in [0.717, 1.165) is 11.1 Å². The van der Waals surface area contributed by atoms with Gasteiger partial charge < -0.3 is 19.7 Å². The minimum Gasteiger partial charge on any atom is -0.484 e. The van der Waals surface area contributed by atoms with Gasteiger partial charge in [-0.05, 0) is 49.2 Å². The Kier molecular flexibility index (Phi) is 6.10. The molecule has 1 heterocycles. The third-order valence-corrected chi connectivity index (χ3v) is 4.37. The standard InChI is InChI=1S/C20H23N3O5/c1-14-9-15(2)11-17(10-14)28-13-20(24)21-16-3-4-18(19(12-16)23(25)26)22-5-7-27-8-6-22/h3-4,9-12H,5-8,13H2,1-2H3,(H,21,24). The molecule has 0 atom stereocenters. The Hall–Kier alpha value is -3.13. The summed E-state index contributed by atoms with van der Waals surface area (Å²) in [4.78, 5) is 25.2. The van der Waals surface area contributed by atoms with E-state index in [0.29, 0.717) is 43.4 Å². The fourth-order valence-electron chi connectivity index (χ4n) is 3.18. The van der Waals surface area contributed by atoms with Crippen molar-refractivity contribution in [1.29, 1.82) is 0 Å². The van der Waals surface area contributed by atoms with Crippen molar-refractivity contribution < 1.29 is 19.2 Å². The van der Waals surface area contributed by atoms with E-state index < -0.39 is 4.92 Å². The van der Waals surface area contributed by atoms with E-state index in [1.165, 1.54) is 6.07 Å². The number of nitrogens with zero attached hydrogens (tertiary/aromatic N) is 2. The zero-order valence-electron chi connectivity index (χ0n) is 15.9. The number of hydrogen-bond donors (Lipinski definition) is 1. The summed E-state index contributed by atoms with van der Waals surface area (Å²) >= 11 is 0. The first kappa shape index (κ1) is 19.6. The molecule has 0 bridgehead atoms. The van der Waals surface area contributed by atoms with Crippen molar-refractivity contribution in [3.8, 4) is 5.75 Å². The van der Waals surface area contributed by atoms with E-state index in [2.05, 4.69) is 5.32 Å². The van der Waals surface area contributed by atoms with E-state index in [1.54, 1.807) is 12.1 Å². The molecular formula is C20H23N3O5. The van der Waals surface area contributed by atoms with Gasteiger partial charge in [0.2, 0.25) is 0 Å². The molecule has 148 valence electrons. The molecule has 0 unspecified atom stereocenters. The number of carbonyl (C=O) groups excluding carboxylic acids is 1. The SMILES string of the molecule is Cc1cc(C)cc(OCC(=O)Nc2ccc(N3CCOCC3)c([N+](=O)[O-])c2)c1. The number of rotatable bonds is 6. The monoisotopic (exact) mass is 385 g/mol. The van der Waals surface area contributed by atoms with Crippen LogP contribution in [0.2, 0.25) is 0 Å². The number of nitro benzene ring substituents is 1. The number of morpholine rings is 1. The van der Waals surface area contributed by atoms with Crippen LogP contribution in [-0.4, -0.2) is 43.7 Å². The van der Waals surface area contributed by atoms with E-state index in [4.69, 9.17) is 9.47 Å². The Morgan fingerprint density at radius 2 is 1.86 bits per heavy atom. The van der Waals surface area contributed by atoms with Gasteiger partial charge in [0.1, 0.15) is 11.4 Å². The summed E-state index contributed by atoms with van der Waals surface area (Å²) in [5, 5.41) is 14.1. The molecule has 1 aliphatic heterocycles. The van der Waals surface area contributed by atoms with Crippen LogP contribution in [0.1, 0.15) is 11.1 Å². The highest BCUT2D eigenvalue weighted by molar-refractivity contribution is 5.92. The summed E-state index contributed by atoms with van der Waals surface area (Å²) < 4.78 is 10.8. The highest BCUT2D eigenvalue weighted by atomic mass is 16.6. The van der Waals surface area contributed by atoms with E-state index in [-0.39, 0.29) is 18.2 Å². The van der Waals surface area contributed by atoms with Gasteiger partial charge in [-0.25, -0.2) is 0 Å². The molecule has 8 heteroatoms. The second kappa shape index (κ2) is 8.71. The summed E-state index contributed by atoms with van der Waals surface area (Å²) in [5.74, 6) is 0.230. The number of ether oxygens (including phenoxy) is 2. The normalized spacial score (nSPS) is 13.9. The Balaban J connectivity index is 1.66. The maximum atomic E-state index is 12.2. The predicted octanol–water partition coefficient (Wildman–Crippen LogP) is 3.07. The molecule has 3 rings (SSSR count). The molecule has 0 radical (unpaired) electrons. The number of benzene rings is 2. The van der Waals surface area contributed by atoms with Crippen LogP contribution >= 0.6 is 0 Å². The summed E-state index contributed by atoms with van der Waals surface area (Å²) in [7, 11) is 0. The topological polar surface area (TPSA) is 93.9 Å². The number of anilines is 2. The van der Waals surface area contributed by atoms with E-state index in [1.807, 2.05) is 36.9 Å². The van der Waals surface area contributed by atoms with Crippen LogP contribution in [0.15, 0.2) is 36.4 Å².